The molecule has 0 N–H and O–H groups in total. The third-order valence-corrected chi connectivity index (χ3v) is 8.52. The van der Waals surface area contributed by atoms with E-state index in [9.17, 15) is 14.4 Å². The number of rotatable bonds is 24. The van der Waals surface area contributed by atoms with Crippen LogP contribution in [-0.4, -0.2) is 54.8 Å². The van der Waals surface area contributed by atoms with Crippen molar-refractivity contribution in [2.75, 3.05) is 26.3 Å². The number of amides is 1. The fraction of sp³-hybridized carbons (Fsp3) is 0.917. The van der Waals surface area contributed by atoms with Crippen molar-refractivity contribution in [3.8, 4) is 0 Å². The molecule has 0 radical (unpaired) electrons. The van der Waals surface area contributed by atoms with E-state index in [2.05, 4.69) is 13.8 Å². The molecule has 1 aliphatic heterocycles. The maximum absolute atomic E-state index is 12.6. The third kappa shape index (κ3) is 20.7. The summed E-state index contributed by atoms with van der Waals surface area (Å²) in [5.74, 6) is -0.365. The Balaban J connectivity index is 2.46. The van der Waals surface area contributed by atoms with Gasteiger partial charge in [0.25, 0.3) is 0 Å². The molecule has 7 heteroatoms. The standard InChI is InChI=1S/C36H67NO6/c1-6-8-10-12-14-16-18-20-22-24-32(38)41-30-36(26-28-37(29-27-36)34(40)43-35(3,4)5)31-42-33(39)25-23-21-19-17-15-13-11-9-7-2/h6-31H2,1-5H3. The first-order valence-electron chi connectivity index (χ1n) is 17.9. The predicted octanol–water partition coefficient (Wildman–Crippen LogP) is 9.93. The highest BCUT2D eigenvalue weighted by Crippen LogP contribution is 2.33. The van der Waals surface area contributed by atoms with E-state index >= 15 is 0 Å². The molecule has 1 fully saturated rings. The number of carbonyl (C=O) groups excluding carboxylic acids is 3. The second kappa shape index (κ2) is 23.6. The van der Waals surface area contributed by atoms with Crippen molar-refractivity contribution in [1.29, 1.82) is 0 Å². The maximum atomic E-state index is 12.6. The highest BCUT2D eigenvalue weighted by atomic mass is 16.6. The van der Waals surface area contributed by atoms with Gasteiger partial charge in [0, 0.05) is 31.3 Å². The molecular formula is C36H67NO6. The van der Waals surface area contributed by atoms with Crippen LogP contribution in [0.5, 0.6) is 0 Å². The number of carbonyl (C=O) groups is 3. The normalized spacial score (nSPS) is 14.9. The molecular weight excluding hydrogens is 542 g/mol. The molecule has 0 unspecified atom stereocenters. The second-order valence-corrected chi connectivity index (χ2v) is 13.9. The van der Waals surface area contributed by atoms with Gasteiger partial charge < -0.3 is 19.1 Å². The Hall–Kier alpha value is -1.79. The zero-order valence-electron chi connectivity index (χ0n) is 28.8. The van der Waals surface area contributed by atoms with Crippen molar-refractivity contribution in [2.45, 2.75) is 181 Å². The summed E-state index contributed by atoms with van der Waals surface area (Å²) in [6.45, 7) is 11.5. The van der Waals surface area contributed by atoms with Gasteiger partial charge in [-0.3, -0.25) is 9.59 Å². The third-order valence-electron chi connectivity index (χ3n) is 8.52. The van der Waals surface area contributed by atoms with Gasteiger partial charge in [-0.15, -0.1) is 0 Å². The number of piperidine rings is 1. The minimum absolute atomic E-state index is 0.182. The van der Waals surface area contributed by atoms with E-state index in [4.69, 9.17) is 14.2 Å². The van der Waals surface area contributed by atoms with E-state index in [1.54, 1.807) is 4.90 Å². The van der Waals surface area contributed by atoms with Crippen LogP contribution < -0.4 is 0 Å². The molecule has 7 nitrogen and oxygen atoms in total. The Morgan fingerprint density at radius 3 is 1.28 bits per heavy atom. The molecule has 0 bridgehead atoms. The van der Waals surface area contributed by atoms with E-state index in [-0.39, 0.29) is 31.2 Å². The van der Waals surface area contributed by atoms with Crippen molar-refractivity contribution in [1.82, 2.24) is 4.90 Å². The van der Waals surface area contributed by atoms with Crippen molar-refractivity contribution in [3.63, 3.8) is 0 Å². The molecule has 0 saturated carbocycles. The Morgan fingerprint density at radius 1 is 0.581 bits per heavy atom. The Morgan fingerprint density at radius 2 is 0.930 bits per heavy atom. The monoisotopic (exact) mass is 609 g/mol. The van der Waals surface area contributed by atoms with E-state index < -0.39 is 11.0 Å². The summed E-state index contributed by atoms with van der Waals surface area (Å²) >= 11 is 0. The van der Waals surface area contributed by atoms with Gasteiger partial charge in [0.05, 0.1) is 0 Å². The number of esters is 2. The Bertz CT molecular complexity index is 699. The number of nitrogens with zero attached hydrogens (tertiary/aromatic N) is 1. The van der Waals surface area contributed by atoms with Crippen LogP contribution in [0.2, 0.25) is 0 Å². The van der Waals surface area contributed by atoms with Gasteiger partial charge in [0.2, 0.25) is 0 Å². The number of ether oxygens (including phenoxy) is 3. The van der Waals surface area contributed by atoms with E-state index in [0.29, 0.717) is 38.8 Å². The molecule has 1 rings (SSSR count). The smallest absolute Gasteiger partial charge is 0.410 e. The van der Waals surface area contributed by atoms with E-state index in [1.165, 1.54) is 89.9 Å². The van der Waals surface area contributed by atoms with Gasteiger partial charge in [-0.2, -0.15) is 0 Å². The lowest BCUT2D eigenvalue weighted by Gasteiger charge is -2.41. The number of hydrogen-bond acceptors (Lipinski definition) is 6. The lowest BCUT2D eigenvalue weighted by Crippen LogP contribution is -2.48. The molecule has 0 aliphatic carbocycles. The minimum atomic E-state index is -0.555. The molecule has 0 aromatic carbocycles. The Labute approximate surface area is 264 Å². The number of likely N-dealkylation sites (tertiary alicyclic amines) is 1. The second-order valence-electron chi connectivity index (χ2n) is 13.9. The zero-order valence-corrected chi connectivity index (χ0v) is 28.8. The highest BCUT2D eigenvalue weighted by Gasteiger charge is 2.39. The van der Waals surface area contributed by atoms with Gasteiger partial charge in [-0.05, 0) is 46.5 Å². The average Bonchev–Trinajstić information content (AvgIpc) is 2.97. The molecule has 0 aromatic heterocycles. The summed E-state index contributed by atoms with van der Waals surface area (Å²) < 4.78 is 17.1. The Kier molecular flexibility index (Phi) is 21.5. The lowest BCUT2D eigenvalue weighted by molar-refractivity contribution is -0.157. The maximum Gasteiger partial charge on any atom is 0.410 e. The quantitative estimate of drug-likeness (QED) is 0.0615. The van der Waals surface area contributed by atoms with Crippen LogP contribution in [0.15, 0.2) is 0 Å². The van der Waals surface area contributed by atoms with Gasteiger partial charge >= 0.3 is 18.0 Å². The predicted molar refractivity (Wildman–Crippen MR) is 175 cm³/mol. The summed E-state index contributed by atoms with van der Waals surface area (Å²) in [5, 5.41) is 0. The van der Waals surface area contributed by atoms with Crippen LogP contribution in [0, 0.1) is 5.41 Å². The fourth-order valence-corrected chi connectivity index (χ4v) is 5.59. The zero-order chi connectivity index (χ0) is 31.8. The SMILES string of the molecule is CCCCCCCCCCCC(=O)OCC1(COC(=O)CCCCCCCCCCC)CCN(C(=O)OC(C)(C)C)CC1. The summed E-state index contributed by atoms with van der Waals surface area (Å²) in [7, 11) is 0. The first-order chi connectivity index (χ1) is 20.6. The van der Waals surface area contributed by atoms with Crippen LogP contribution >= 0.6 is 0 Å². The first-order valence-corrected chi connectivity index (χ1v) is 17.9. The van der Waals surface area contributed by atoms with E-state index in [1.807, 2.05) is 20.8 Å². The summed E-state index contributed by atoms with van der Waals surface area (Å²) in [5.41, 5.74) is -1.03. The van der Waals surface area contributed by atoms with Crippen LogP contribution in [0.4, 0.5) is 4.79 Å². The molecule has 252 valence electrons. The van der Waals surface area contributed by atoms with Gasteiger partial charge in [0.15, 0.2) is 0 Å². The van der Waals surface area contributed by atoms with Crippen LogP contribution in [0.1, 0.15) is 176 Å². The number of unbranched alkanes of at least 4 members (excludes halogenated alkanes) is 16. The lowest BCUT2D eigenvalue weighted by atomic mass is 9.80. The average molecular weight is 610 g/mol. The molecule has 0 atom stereocenters. The largest absolute Gasteiger partial charge is 0.465 e. The van der Waals surface area contributed by atoms with Gasteiger partial charge in [-0.25, -0.2) is 4.79 Å². The van der Waals surface area contributed by atoms with Gasteiger partial charge in [0.1, 0.15) is 18.8 Å². The van der Waals surface area contributed by atoms with Crippen molar-refractivity contribution in [3.05, 3.63) is 0 Å². The topological polar surface area (TPSA) is 82.1 Å². The molecule has 43 heavy (non-hydrogen) atoms. The van der Waals surface area contributed by atoms with Crippen LogP contribution in [-0.2, 0) is 23.8 Å². The molecule has 1 amide bonds. The first kappa shape index (κ1) is 39.2. The van der Waals surface area contributed by atoms with Crippen LogP contribution in [0.25, 0.3) is 0 Å². The summed E-state index contributed by atoms with van der Waals surface area (Å²) in [6, 6.07) is 0. The summed E-state index contributed by atoms with van der Waals surface area (Å²) in [6.07, 6.45) is 23.4. The fourth-order valence-electron chi connectivity index (χ4n) is 5.59. The minimum Gasteiger partial charge on any atom is -0.465 e. The molecule has 1 heterocycles. The molecule has 1 saturated heterocycles. The number of hydrogen-bond donors (Lipinski definition) is 0. The highest BCUT2D eigenvalue weighted by molar-refractivity contribution is 5.70. The van der Waals surface area contributed by atoms with Gasteiger partial charge in [-0.1, -0.05) is 117 Å². The summed E-state index contributed by atoms with van der Waals surface area (Å²) in [4.78, 5) is 39.5. The van der Waals surface area contributed by atoms with Crippen molar-refractivity contribution in [2.24, 2.45) is 5.41 Å². The van der Waals surface area contributed by atoms with Crippen LogP contribution in [0.3, 0.4) is 0 Å². The van der Waals surface area contributed by atoms with Crippen molar-refractivity contribution < 1.29 is 28.6 Å². The van der Waals surface area contributed by atoms with Crippen molar-refractivity contribution >= 4 is 18.0 Å². The van der Waals surface area contributed by atoms with E-state index in [0.717, 1.165) is 25.7 Å². The molecule has 0 aromatic rings. The molecule has 0 spiro atoms. The molecule has 1 aliphatic rings.